The molecule has 5 radical (unpaired) electrons. The maximum Gasteiger partial charge on any atom is 0.127 e. The highest BCUT2D eigenvalue weighted by Crippen LogP contribution is 2.59. The summed E-state index contributed by atoms with van der Waals surface area (Å²) in [5, 5.41) is 0. The van der Waals surface area contributed by atoms with E-state index in [2.05, 4.69) is 71.8 Å². The van der Waals surface area contributed by atoms with E-state index in [0.29, 0.717) is 6.04 Å². The van der Waals surface area contributed by atoms with Crippen molar-refractivity contribution in [3.63, 3.8) is 0 Å². The van der Waals surface area contributed by atoms with Crippen molar-refractivity contribution in [2.24, 2.45) is 0 Å². The van der Waals surface area contributed by atoms with E-state index in [0.717, 1.165) is 0 Å². The molecule has 0 aliphatic heterocycles. The lowest BCUT2D eigenvalue weighted by Crippen LogP contribution is -2.55. The molecule has 109 valence electrons. The summed E-state index contributed by atoms with van der Waals surface area (Å²) in [6.45, 7) is 18.4. The molecule has 20 heavy (non-hydrogen) atoms. The Labute approximate surface area is 127 Å². The summed E-state index contributed by atoms with van der Waals surface area (Å²) in [5.74, 6) is 5.94. The van der Waals surface area contributed by atoms with Crippen LogP contribution in [0.25, 0.3) is 0 Å². The Bertz CT molecular complexity index is 433. The van der Waals surface area contributed by atoms with Gasteiger partial charge in [-0.05, 0) is 31.7 Å². The van der Waals surface area contributed by atoms with Crippen LogP contribution in [0.3, 0.4) is 0 Å². The number of nitrogens with one attached hydrogen (secondary N) is 1. The second-order valence-electron chi connectivity index (χ2n) is 7.05. The Morgan fingerprint density at radius 3 is 2.10 bits per heavy atom. The molecule has 0 spiro atoms. The second-order valence-corrected chi connectivity index (χ2v) is 11.1. The van der Waals surface area contributed by atoms with Gasteiger partial charge in [0.1, 0.15) is 8.24 Å². The third-order valence-corrected chi connectivity index (χ3v) is 7.53. The van der Waals surface area contributed by atoms with Crippen LogP contribution in [-0.2, 0) is 0 Å². The van der Waals surface area contributed by atoms with Crippen LogP contribution < -0.4 is 4.98 Å². The first-order valence-electron chi connectivity index (χ1n) is 7.60. The van der Waals surface area contributed by atoms with Gasteiger partial charge in [0.05, 0.1) is 0 Å². The van der Waals surface area contributed by atoms with Gasteiger partial charge in [-0.1, -0.05) is 64.1 Å². The molecule has 1 fully saturated rings. The van der Waals surface area contributed by atoms with Gasteiger partial charge in [-0.15, -0.1) is 0 Å². The summed E-state index contributed by atoms with van der Waals surface area (Å²) in [6, 6.07) is 0.534. The van der Waals surface area contributed by atoms with Gasteiger partial charge in [0, 0.05) is 17.4 Å². The first-order chi connectivity index (χ1) is 9.15. The molecule has 0 amide bonds. The fourth-order valence-electron chi connectivity index (χ4n) is 3.84. The summed E-state index contributed by atoms with van der Waals surface area (Å²) in [6.07, 6.45) is 4.69. The molecule has 1 nitrogen and oxygen atoms in total. The highest BCUT2D eigenvalue weighted by atomic mass is 28.3. The molecule has 2 aliphatic carbocycles. The molecule has 2 rings (SSSR count). The van der Waals surface area contributed by atoms with Crippen molar-refractivity contribution in [3.8, 4) is 0 Å². The van der Waals surface area contributed by atoms with Gasteiger partial charge < -0.3 is 4.98 Å². The topological polar surface area (TPSA) is 12.0 Å². The Morgan fingerprint density at radius 2 is 1.55 bits per heavy atom. The molecule has 0 aromatic heterocycles. The number of hydrogen-bond donors (Lipinski definition) is 1. The van der Waals surface area contributed by atoms with E-state index in [4.69, 9.17) is 0 Å². The Hall–Kier alpha value is -0.343. The first-order valence-corrected chi connectivity index (χ1v) is 10.6. The van der Waals surface area contributed by atoms with Gasteiger partial charge in [0.25, 0.3) is 0 Å². The molecule has 2 heteroatoms. The van der Waals surface area contributed by atoms with Crippen LogP contribution in [0.2, 0.25) is 13.1 Å². The molecule has 0 bridgehead atoms. The van der Waals surface area contributed by atoms with E-state index in [9.17, 15) is 0 Å². The van der Waals surface area contributed by atoms with Gasteiger partial charge in [0.15, 0.2) is 0 Å². The van der Waals surface area contributed by atoms with Crippen molar-refractivity contribution in [1.29, 1.82) is 0 Å². The monoisotopic (exact) mass is 286 g/mol. The predicted molar refractivity (Wildman–Crippen MR) is 90.8 cm³/mol. The van der Waals surface area contributed by atoms with Gasteiger partial charge in [-0.2, -0.15) is 0 Å². The van der Waals surface area contributed by atoms with Crippen LogP contribution >= 0.6 is 0 Å². The van der Waals surface area contributed by atoms with Gasteiger partial charge in [-0.25, -0.2) is 0 Å². The van der Waals surface area contributed by atoms with E-state index in [1.54, 1.807) is 5.54 Å². The fraction of sp³-hybridized carbons (Fsp3) is 0.500. The predicted octanol–water partition coefficient (Wildman–Crippen LogP) is 4.56. The molecule has 0 aromatic rings. The van der Waals surface area contributed by atoms with Gasteiger partial charge in [-0.3, -0.25) is 0 Å². The summed E-state index contributed by atoms with van der Waals surface area (Å²) >= 11 is 0. The summed E-state index contributed by atoms with van der Waals surface area (Å²) < 4.78 is 0. The van der Waals surface area contributed by atoms with Crippen molar-refractivity contribution in [1.82, 2.24) is 4.98 Å². The number of hydrogen-bond acceptors (Lipinski definition) is 1. The normalized spacial score (nSPS) is 24.2. The average molecular weight is 287 g/mol. The first kappa shape index (κ1) is 16.0. The molecule has 0 saturated heterocycles. The highest BCUT2D eigenvalue weighted by molar-refractivity contribution is 6.82. The molecule has 0 unspecified atom stereocenters. The zero-order valence-electron chi connectivity index (χ0n) is 14.2. The lowest BCUT2D eigenvalue weighted by Gasteiger charge is -2.38. The SMILES string of the molecule is C[C]1[C](C)[C]([Si](C)(C)NC(C)C)[C]2C=C(C)C=C(C)[C]12. The van der Waals surface area contributed by atoms with Crippen molar-refractivity contribution < 1.29 is 0 Å². The largest absolute Gasteiger partial charge is 0.335 e. The van der Waals surface area contributed by atoms with Crippen molar-refractivity contribution in [2.45, 2.75) is 60.7 Å². The third-order valence-electron chi connectivity index (χ3n) is 4.34. The maximum absolute atomic E-state index is 3.86. The fourth-order valence-corrected chi connectivity index (χ4v) is 7.42. The molecular weight excluding hydrogens is 258 g/mol. The van der Waals surface area contributed by atoms with Crippen LogP contribution in [0.15, 0.2) is 23.3 Å². The van der Waals surface area contributed by atoms with E-state index in [-0.39, 0.29) is 0 Å². The minimum absolute atomic E-state index is 0.534. The average Bonchev–Trinajstić information content (AvgIpc) is 2.49. The second kappa shape index (κ2) is 5.45. The number of rotatable bonds is 3. The molecule has 1 N–H and O–H groups in total. The molecule has 0 aromatic carbocycles. The van der Waals surface area contributed by atoms with Gasteiger partial charge in [0.2, 0.25) is 0 Å². The minimum atomic E-state index is -1.63. The van der Waals surface area contributed by atoms with E-state index in [1.165, 1.54) is 34.8 Å². The Balaban J connectivity index is 2.37. The van der Waals surface area contributed by atoms with E-state index >= 15 is 0 Å². The van der Waals surface area contributed by atoms with E-state index < -0.39 is 8.24 Å². The van der Waals surface area contributed by atoms with Crippen molar-refractivity contribution in [2.75, 3.05) is 0 Å². The third kappa shape index (κ3) is 2.69. The van der Waals surface area contributed by atoms with Crippen LogP contribution in [0, 0.1) is 29.2 Å². The maximum atomic E-state index is 3.86. The zero-order chi connectivity index (χ0) is 15.2. The summed E-state index contributed by atoms with van der Waals surface area (Å²) in [4.78, 5) is 3.86. The quantitative estimate of drug-likeness (QED) is 0.750. The standard InChI is InChI=1S/C18H28NSi/c1-11(2)19-20(7,8)18-15(6)14(5)17-13(4)9-12(3)10-16(17)18/h9-11,19H,1-8H3. The molecule has 1 saturated carbocycles. The van der Waals surface area contributed by atoms with Crippen molar-refractivity contribution >= 4 is 8.24 Å². The van der Waals surface area contributed by atoms with Crippen LogP contribution in [0.4, 0.5) is 0 Å². The smallest absolute Gasteiger partial charge is 0.127 e. The Kier molecular flexibility index (Phi) is 4.37. The summed E-state index contributed by atoms with van der Waals surface area (Å²) in [5.41, 5.74) is 4.39. The van der Waals surface area contributed by atoms with Crippen LogP contribution in [0.1, 0.15) is 41.5 Å². The van der Waals surface area contributed by atoms with E-state index in [1.807, 2.05) is 0 Å². The molecular formula is C18H28NSi. The van der Waals surface area contributed by atoms with Gasteiger partial charge >= 0.3 is 0 Å². The highest BCUT2D eigenvalue weighted by Gasteiger charge is 2.54. The number of fused-ring (bicyclic) bond motifs is 1. The lowest BCUT2D eigenvalue weighted by molar-refractivity contribution is 0.728. The Morgan fingerprint density at radius 1 is 0.950 bits per heavy atom. The summed E-state index contributed by atoms with van der Waals surface area (Å²) in [7, 11) is -1.63. The molecule has 0 atom stereocenters. The molecule has 0 heterocycles. The molecule has 2 aliphatic rings. The van der Waals surface area contributed by atoms with Crippen LogP contribution in [-0.4, -0.2) is 14.3 Å². The lowest BCUT2D eigenvalue weighted by atomic mass is 9.79. The number of allylic oxidation sites excluding steroid dienone is 4. The minimum Gasteiger partial charge on any atom is -0.335 e. The van der Waals surface area contributed by atoms with Crippen LogP contribution in [0.5, 0.6) is 0 Å². The zero-order valence-corrected chi connectivity index (χ0v) is 15.2. The van der Waals surface area contributed by atoms with Crippen molar-refractivity contribution in [3.05, 3.63) is 52.5 Å².